The van der Waals surface area contributed by atoms with E-state index in [4.69, 9.17) is 5.10 Å². The quantitative estimate of drug-likeness (QED) is 0.718. The van der Waals surface area contributed by atoms with Crippen molar-refractivity contribution < 1.29 is 4.79 Å². The molecule has 1 N–H and O–H groups in total. The number of benzene rings is 2. The molecule has 0 spiro atoms. The van der Waals surface area contributed by atoms with Crippen molar-refractivity contribution in [3.05, 3.63) is 77.6 Å². The third kappa shape index (κ3) is 3.28. The van der Waals surface area contributed by atoms with E-state index in [1.807, 2.05) is 54.2 Å². The van der Waals surface area contributed by atoms with E-state index in [1.165, 1.54) is 23.3 Å². The monoisotopic (exact) mass is 375 g/mol. The number of hydrogen-bond donors (Lipinski definition) is 1. The van der Waals surface area contributed by atoms with Gasteiger partial charge in [-0.2, -0.15) is 5.10 Å². The number of aromatic nitrogens is 2. The molecule has 5 heteroatoms. The first-order chi connectivity index (χ1) is 13.3. The van der Waals surface area contributed by atoms with Gasteiger partial charge in [-0.15, -0.1) is 11.8 Å². The molecule has 5 rings (SSSR count). The van der Waals surface area contributed by atoms with Crippen LogP contribution in [-0.4, -0.2) is 21.4 Å². The molecule has 1 saturated carbocycles. The molecule has 136 valence electrons. The van der Waals surface area contributed by atoms with Gasteiger partial charge in [0.2, 0.25) is 0 Å². The fourth-order valence-corrected chi connectivity index (χ4v) is 4.76. The number of nitrogens with one attached hydrogen (secondary N) is 1. The molecular weight excluding hydrogens is 354 g/mol. The van der Waals surface area contributed by atoms with Crippen LogP contribution in [0.1, 0.15) is 53.0 Å². The lowest BCUT2D eigenvalue weighted by atomic mass is 10.0. The summed E-state index contributed by atoms with van der Waals surface area (Å²) in [6.45, 7) is 0. The molecule has 2 aromatic carbocycles. The minimum atomic E-state index is -0.0510. The molecule has 0 bridgehead atoms. The largest absolute Gasteiger partial charge is 0.344 e. The molecule has 1 amide bonds. The Balaban J connectivity index is 1.47. The molecule has 4 nitrogen and oxygen atoms in total. The summed E-state index contributed by atoms with van der Waals surface area (Å²) in [6, 6.07) is 20.3. The van der Waals surface area contributed by atoms with Crippen molar-refractivity contribution in [3.63, 3.8) is 0 Å². The molecule has 1 aromatic heterocycles. The number of thioether (sulfide) groups is 1. The molecule has 0 unspecified atom stereocenters. The SMILES string of the molecule is O=C(N[C@@H]1CCSc2ccccc21)c1cc(C2CC2)nn1-c1ccccc1. The van der Waals surface area contributed by atoms with Crippen LogP contribution in [0.3, 0.4) is 0 Å². The molecule has 1 aliphatic carbocycles. The van der Waals surface area contributed by atoms with Gasteiger partial charge in [0, 0.05) is 16.6 Å². The van der Waals surface area contributed by atoms with Gasteiger partial charge in [0.05, 0.1) is 17.4 Å². The number of carbonyl (C=O) groups is 1. The average molecular weight is 375 g/mol. The summed E-state index contributed by atoms with van der Waals surface area (Å²) in [5, 5.41) is 8.01. The van der Waals surface area contributed by atoms with Gasteiger partial charge in [0.15, 0.2) is 0 Å². The van der Waals surface area contributed by atoms with E-state index >= 15 is 0 Å². The highest BCUT2D eigenvalue weighted by molar-refractivity contribution is 7.99. The van der Waals surface area contributed by atoms with Crippen molar-refractivity contribution >= 4 is 17.7 Å². The maximum Gasteiger partial charge on any atom is 0.270 e. The lowest BCUT2D eigenvalue weighted by molar-refractivity contribution is 0.0927. The van der Waals surface area contributed by atoms with Gasteiger partial charge in [-0.3, -0.25) is 4.79 Å². The van der Waals surface area contributed by atoms with Crippen LogP contribution in [0.15, 0.2) is 65.6 Å². The standard InChI is InChI=1S/C22H21N3OS/c26-22(23-18-12-13-27-21-9-5-4-8-17(18)21)20-14-19(15-10-11-15)24-25(20)16-6-2-1-3-7-16/h1-9,14-15,18H,10-13H2,(H,23,26)/t18-/m1/s1. The zero-order valence-corrected chi connectivity index (χ0v) is 15.8. The molecule has 1 aliphatic heterocycles. The van der Waals surface area contributed by atoms with Crippen molar-refractivity contribution in [2.24, 2.45) is 0 Å². The fourth-order valence-electron chi connectivity index (χ4n) is 3.63. The fraction of sp³-hybridized carbons (Fsp3) is 0.273. The Morgan fingerprint density at radius 1 is 1.04 bits per heavy atom. The van der Waals surface area contributed by atoms with Gasteiger partial charge in [-0.1, -0.05) is 36.4 Å². The predicted octanol–water partition coefficient (Wildman–Crippen LogP) is 4.72. The first kappa shape index (κ1) is 16.6. The summed E-state index contributed by atoms with van der Waals surface area (Å²) in [4.78, 5) is 14.5. The van der Waals surface area contributed by atoms with Gasteiger partial charge < -0.3 is 5.32 Å². The number of amides is 1. The summed E-state index contributed by atoms with van der Waals surface area (Å²) in [5.41, 5.74) is 3.80. The highest BCUT2D eigenvalue weighted by Gasteiger charge is 2.30. The Kier molecular flexibility index (Phi) is 4.24. The molecule has 27 heavy (non-hydrogen) atoms. The Morgan fingerprint density at radius 2 is 1.81 bits per heavy atom. The second-order valence-corrected chi connectivity index (χ2v) is 8.31. The Labute approximate surface area is 163 Å². The lowest BCUT2D eigenvalue weighted by Gasteiger charge is -2.25. The highest BCUT2D eigenvalue weighted by Crippen LogP contribution is 2.40. The van der Waals surface area contributed by atoms with Crippen molar-refractivity contribution in [2.75, 3.05) is 5.75 Å². The van der Waals surface area contributed by atoms with Gasteiger partial charge in [-0.05, 0) is 49.1 Å². The molecule has 1 atom stereocenters. The van der Waals surface area contributed by atoms with Crippen molar-refractivity contribution in [1.29, 1.82) is 0 Å². The van der Waals surface area contributed by atoms with Gasteiger partial charge in [0.25, 0.3) is 5.91 Å². The zero-order valence-electron chi connectivity index (χ0n) is 15.0. The topological polar surface area (TPSA) is 46.9 Å². The third-order valence-electron chi connectivity index (χ3n) is 5.22. The van der Waals surface area contributed by atoms with Crippen molar-refractivity contribution in [3.8, 4) is 5.69 Å². The number of rotatable bonds is 4. The van der Waals surface area contributed by atoms with E-state index < -0.39 is 0 Å². The molecule has 0 saturated heterocycles. The smallest absolute Gasteiger partial charge is 0.270 e. The van der Waals surface area contributed by atoms with E-state index in [2.05, 4.69) is 23.5 Å². The van der Waals surface area contributed by atoms with E-state index in [0.29, 0.717) is 11.6 Å². The third-order valence-corrected chi connectivity index (χ3v) is 6.34. The predicted molar refractivity (Wildman–Crippen MR) is 108 cm³/mol. The molecule has 0 radical (unpaired) electrons. The number of fused-ring (bicyclic) bond motifs is 1. The Morgan fingerprint density at radius 3 is 2.63 bits per heavy atom. The molecule has 2 heterocycles. The number of hydrogen-bond acceptors (Lipinski definition) is 3. The van der Waals surface area contributed by atoms with E-state index in [9.17, 15) is 4.79 Å². The normalized spacial score (nSPS) is 18.7. The van der Waals surface area contributed by atoms with E-state index in [1.54, 1.807) is 4.68 Å². The minimum absolute atomic E-state index is 0.0510. The number of nitrogens with zero attached hydrogens (tertiary/aromatic N) is 2. The average Bonchev–Trinajstić information content (AvgIpc) is 3.47. The van der Waals surface area contributed by atoms with Crippen LogP contribution in [0.2, 0.25) is 0 Å². The maximum atomic E-state index is 13.2. The van der Waals surface area contributed by atoms with Crippen LogP contribution >= 0.6 is 11.8 Å². The van der Waals surface area contributed by atoms with Crippen LogP contribution in [0.4, 0.5) is 0 Å². The van der Waals surface area contributed by atoms with Gasteiger partial charge in [-0.25, -0.2) is 4.68 Å². The van der Waals surface area contributed by atoms with Crippen molar-refractivity contribution in [1.82, 2.24) is 15.1 Å². The molecule has 3 aromatic rings. The van der Waals surface area contributed by atoms with Gasteiger partial charge in [0.1, 0.15) is 5.69 Å². The zero-order chi connectivity index (χ0) is 18.2. The van der Waals surface area contributed by atoms with Crippen LogP contribution in [-0.2, 0) is 0 Å². The summed E-state index contributed by atoms with van der Waals surface area (Å²) < 4.78 is 1.80. The molecule has 2 aliphatic rings. The van der Waals surface area contributed by atoms with E-state index in [-0.39, 0.29) is 11.9 Å². The molecule has 1 fully saturated rings. The van der Waals surface area contributed by atoms with E-state index in [0.717, 1.165) is 23.6 Å². The summed E-state index contributed by atoms with van der Waals surface area (Å²) in [5.74, 6) is 1.48. The minimum Gasteiger partial charge on any atom is -0.344 e. The lowest BCUT2D eigenvalue weighted by Crippen LogP contribution is -2.32. The first-order valence-electron chi connectivity index (χ1n) is 9.47. The second kappa shape index (κ2) is 6.89. The highest BCUT2D eigenvalue weighted by atomic mass is 32.2. The summed E-state index contributed by atoms with van der Waals surface area (Å²) in [7, 11) is 0. The first-order valence-corrected chi connectivity index (χ1v) is 10.5. The van der Waals surface area contributed by atoms with Crippen molar-refractivity contribution in [2.45, 2.75) is 36.1 Å². The Bertz CT molecular complexity index is 978. The van der Waals surface area contributed by atoms with Crippen LogP contribution < -0.4 is 5.32 Å². The van der Waals surface area contributed by atoms with Crippen LogP contribution in [0, 0.1) is 0 Å². The molecular formula is C22H21N3OS. The van der Waals surface area contributed by atoms with Crippen LogP contribution in [0.5, 0.6) is 0 Å². The number of carbonyl (C=O) groups excluding carboxylic acids is 1. The van der Waals surface area contributed by atoms with Gasteiger partial charge >= 0.3 is 0 Å². The summed E-state index contributed by atoms with van der Waals surface area (Å²) >= 11 is 1.86. The summed E-state index contributed by atoms with van der Waals surface area (Å²) in [6.07, 6.45) is 3.28. The Hall–Kier alpha value is -2.53. The van der Waals surface area contributed by atoms with Crippen LogP contribution in [0.25, 0.3) is 5.69 Å². The maximum absolute atomic E-state index is 13.2. The second-order valence-electron chi connectivity index (χ2n) is 7.18. The number of para-hydroxylation sites is 1.